The van der Waals surface area contributed by atoms with Crippen LogP contribution in [0.4, 0.5) is 0 Å². The Morgan fingerprint density at radius 1 is 1.00 bits per heavy atom. The minimum atomic E-state index is -3.28. The van der Waals surface area contributed by atoms with Gasteiger partial charge in [0.25, 0.3) is 0 Å². The minimum Gasteiger partial charge on any atom is -0.478 e. The maximum absolute atomic E-state index is 11.9. The minimum absolute atomic E-state index is 0.0206. The maximum Gasteiger partial charge on any atom is 0.335 e. The fourth-order valence-electron chi connectivity index (χ4n) is 2.40. The molecule has 0 heterocycles. The molecule has 0 aliphatic carbocycles. The maximum atomic E-state index is 11.9. The Morgan fingerprint density at radius 2 is 1.56 bits per heavy atom. The molecule has 0 aliphatic rings. The van der Waals surface area contributed by atoms with Crippen molar-refractivity contribution in [2.24, 2.45) is 5.92 Å². The number of benzene rings is 2. The standard InChI is InChI=1S/C19H20O5S/c1-12(2)18(20)11-15-5-4-14(10-17(15)19(21)22)13-6-8-16(9-7-13)25(3,23)24/h4-10,12H,11H2,1-3H3,(H,21,22). The van der Waals surface area contributed by atoms with E-state index in [0.29, 0.717) is 16.7 Å². The molecule has 0 bridgehead atoms. The molecule has 0 fully saturated rings. The Bertz CT molecular complexity index is 909. The normalized spacial score (nSPS) is 11.5. The lowest BCUT2D eigenvalue weighted by Crippen LogP contribution is -2.13. The van der Waals surface area contributed by atoms with Gasteiger partial charge in [0.05, 0.1) is 10.5 Å². The smallest absolute Gasteiger partial charge is 0.335 e. The highest BCUT2D eigenvalue weighted by Crippen LogP contribution is 2.25. The Balaban J connectivity index is 2.42. The molecule has 25 heavy (non-hydrogen) atoms. The van der Waals surface area contributed by atoms with Crippen LogP contribution in [0.15, 0.2) is 47.4 Å². The number of rotatable bonds is 6. The van der Waals surface area contributed by atoms with E-state index in [-0.39, 0.29) is 28.6 Å². The molecule has 2 rings (SSSR count). The van der Waals surface area contributed by atoms with E-state index >= 15 is 0 Å². The third-order valence-corrected chi connectivity index (χ3v) is 5.09. The first-order valence-corrected chi connectivity index (χ1v) is 9.68. The summed E-state index contributed by atoms with van der Waals surface area (Å²) in [6.07, 6.45) is 1.21. The molecule has 0 aliphatic heterocycles. The van der Waals surface area contributed by atoms with Gasteiger partial charge in [-0.1, -0.05) is 38.1 Å². The van der Waals surface area contributed by atoms with E-state index in [4.69, 9.17) is 0 Å². The van der Waals surface area contributed by atoms with Gasteiger partial charge in [-0.2, -0.15) is 0 Å². The van der Waals surface area contributed by atoms with Crippen molar-refractivity contribution in [3.8, 4) is 11.1 Å². The summed E-state index contributed by atoms with van der Waals surface area (Å²) < 4.78 is 23.0. The summed E-state index contributed by atoms with van der Waals surface area (Å²) in [6.45, 7) is 3.56. The number of carbonyl (C=O) groups excluding carboxylic acids is 1. The lowest BCUT2D eigenvalue weighted by Gasteiger charge is -2.10. The highest BCUT2D eigenvalue weighted by atomic mass is 32.2. The van der Waals surface area contributed by atoms with Gasteiger partial charge >= 0.3 is 5.97 Å². The van der Waals surface area contributed by atoms with E-state index in [1.54, 1.807) is 38.1 Å². The van der Waals surface area contributed by atoms with Crippen LogP contribution in [0.5, 0.6) is 0 Å². The summed E-state index contributed by atoms with van der Waals surface area (Å²) in [5.74, 6) is -1.28. The Hall–Kier alpha value is -2.47. The molecule has 0 saturated carbocycles. The second-order valence-corrected chi connectivity index (χ2v) is 8.29. The van der Waals surface area contributed by atoms with Gasteiger partial charge in [0, 0.05) is 18.6 Å². The van der Waals surface area contributed by atoms with Gasteiger partial charge in [-0.15, -0.1) is 0 Å². The predicted octanol–water partition coefficient (Wildman–Crippen LogP) is 3.22. The van der Waals surface area contributed by atoms with Crippen molar-refractivity contribution in [3.05, 3.63) is 53.6 Å². The van der Waals surface area contributed by atoms with Gasteiger partial charge in [-0.05, 0) is 34.9 Å². The molecule has 5 nitrogen and oxygen atoms in total. The molecule has 0 radical (unpaired) electrons. The topological polar surface area (TPSA) is 88.5 Å². The first kappa shape index (κ1) is 18.9. The van der Waals surface area contributed by atoms with Crippen molar-refractivity contribution < 1.29 is 23.1 Å². The number of ketones is 1. The molecular formula is C19H20O5S. The summed E-state index contributed by atoms with van der Waals surface area (Å²) in [4.78, 5) is 23.7. The predicted molar refractivity (Wildman–Crippen MR) is 95.5 cm³/mol. The number of Topliss-reactive ketones (excluding diaryl/α,β-unsaturated/α-hetero) is 1. The number of sulfone groups is 1. The van der Waals surface area contributed by atoms with Crippen molar-refractivity contribution >= 4 is 21.6 Å². The number of aromatic carboxylic acids is 1. The van der Waals surface area contributed by atoms with Crippen molar-refractivity contribution in [3.63, 3.8) is 0 Å². The lowest BCUT2D eigenvalue weighted by molar-refractivity contribution is -0.121. The van der Waals surface area contributed by atoms with Crippen molar-refractivity contribution in [1.82, 2.24) is 0 Å². The van der Waals surface area contributed by atoms with E-state index in [1.165, 1.54) is 18.2 Å². The van der Waals surface area contributed by atoms with Crippen LogP contribution in [0.1, 0.15) is 29.8 Å². The second-order valence-electron chi connectivity index (χ2n) is 6.27. The summed E-state index contributed by atoms with van der Waals surface area (Å²) in [6, 6.07) is 11.1. The summed E-state index contributed by atoms with van der Waals surface area (Å²) in [7, 11) is -3.28. The molecule has 6 heteroatoms. The number of carbonyl (C=O) groups is 2. The largest absolute Gasteiger partial charge is 0.478 e. The Kier molecular flexibility index (Phi) is 5.42. The molecule has 2 aromatic carbocycles. The third kappa shape index (κ3) is 4.54. The van der Waals surface area contributed by atoms with Crippen molar-refractivity contribution in [2.75, 3.05) is 6.26 Å². The van der Waals surface area contributed by atoms with E-state index < -0.39 is 15.8 Å². The van der Waals surface area contributed by atoms with Crippen LogP contribution >= 0.6 is 0 Å². The zero-order chi connectivity index (χ0) is 18.8. The van der Waals surface area contributed by atoms with Crippen LogP contribution in [-0.2, 0) is 21.1 Å². The van der Waals surface area contributed by atoms with E-state index in [9.17, 15) is 23.1 Å². The van der Waals surface area contributed by atoms with Crippen LogP contribution in [0.3, 0.4) is 0 Å². The molecule has 0 spiro atoms. The fraction of sp³-hybridized carbons (Fsp3) is 0.263. The number of hydrogen-bond acceptors (Lipinski definition) is 4. The molecule has 0 saturated heterocycles. The van der Waals surface area contributed by atoms with Crippen LogP contribution < -0.4 is 0 Å². The molecule has 0 atom stereocenters. The monoisotopic (exact) mass is 360 g/mol. The highest BCUT2D eigenvalue weighted by Gasteiger charge is 2.16. The first-order valence-electron chi connectivity index (χ1n) is 7.79. The quantitative estimate of drug-likeness (QED) is 0.854. The second kappa shape index (κ2) is 7.19. The van der Waals surface area contributed by atoms with Gasteiger partial charge < -0.3 is 5.11 Å². The zero-order valence-electron chi connectivity index (χ0n) is 14.3. The van der Waals surface area contributed by atoms with Gasteiger partial charge in [0.15, 0.2) is 9.84 Å². The number of hydrogen-bond donors (Lipinski definition) is 1. The summed E-state index contributed by atoms with van der Waals surface area (Å²) in [5.41, 5.74) is 1.91. The Morgan fingerprint density at radius 3 is 2.04 bits per heavy atom. The molecule has 0 amide bonds. The van der Waals surface area contributed by atoms with Gasteiger partial charge in [-0.25, -0.2) is 13.2 Å². The molecule has 1 N–H and O–H groups in total. The van der Waals surface area contributed by atoms with E-state index in [1.807, 2.05) is 0 Å². The van der Waals surface area contributed by atoms with Crippen LogP contribution in [0.2, 0.25) is 0 Å². The van der Waals surface area contributed by atoms with E-state index in [0.717, 1.165) is 6.26 Å². The zero-order valence-corrected chi connectivity index (χ0v) is 15.1. The first-order chi connectivity index (χ1) is 11.6. The molecule has 0 unspecified atom stereocenters. The third-order valence-electron chi connectivity index (χ3n) is 3.96. The van der Waals surface area contributed by atoms with E-state index in [2.05, 4.69) is 0 Å². The van der Waals surface area contributed by atoms with Gasteiger partial charge in [-0.3, -0.25) is 4.79 Å². The van der Waals surface area contributed by atoms with Gasteiger partial charge in [0.1, 0.15) is 5.78 Å². The highest BCUT2D eigenvalue weighted by molar-refractivity contribution is 7.90. The number of carboxylic acid groups (broad SMARTS) is 1. The van der Waals surface area contributed by atoms with Crippen LogP contribution in [0, 0.1) is 5.92 Å². The molecular weight excluding hydrogens is 340 g/mol. The average Bonchev–Trinajstić information content (AvgIpc) is 2.54. The number of carboxylic acids is 1. The average molecular weight is 360 g/mol. The van der Waals surface area contributed by atoms with Crippen LogP contribution in [-0.4, -0.2) is 31.5 Å². The van der Waals surface area contributed by atoms with Crippen molar-refractivity contribution in [1.29, 1.82) is 0 Å². The summed E-state index contributed by atoms with van der Waals surface area (Å²) in [5, 5.41) is 9.45. The molecule has 132 valence electrons. The fourth-order valence-corrected chi connectivity index (χ4v) is 3.03. The Labute approximate surface area is 147 Å². The van der Waals surface area contributed by atoms with Gasteiger partial charge in [0.2, 0.25) is 0 Å². The SMILES string of the molecule is CC(C)C(=O)Cc1ccc(-c2ccc(S(C)(=O)=O)cc2)cc1C(=O)O. The molecule has 2 aromatic rings. The lowest BCUT2D eigenvalue weighted by atomic mass is 9.94. The summed E-state index contributed by atoms with van der Waals surface area (Å²) >= 11 is 0. The van der Waals surface area contributed by atoms with Crippen molar-refractivity contribution in [2.45, 2.75) is 25.2 Å². The van der Waals surface area contributed by atoms with Crippen LogP contribution in [0.25, 0.3) is 11.1 Å². The molecule has 0 aromatic heterocycles.